The van der Waals surface area contributed by atoms with Crippen LogP contribution >= 0.6 is 0 Å². The molecular formula is C45H55N5O8S. The fraction of sp³-hybridized carbons (Fsp3) is 0.533. The summed E-state index contributed by atoms with van der Waals surface area (Å²) in [4.78, 5) is 65.7. The van der Waals surface area contributed by atoms with Crippen LogP contribution in [-0.4, -0.2) is 96.5 Å². The van der Waals surface area contributed by atoms with Crippen LogP contribution in [-0.2, 0) is 29.2 Å². The number of ether oxygens (including phenoxy) is 2. The molecule has 59 heavy (non-hydrogen) atoms. The van der Waals surface area contributed by atoms with Crippen LogP contribution in [0.2, 0.25) is 0 Å². The molecule has 2 N–H and O–H groups in total. The Balaban J connectivity index is 1.12. The maximum atomic E-state index is 15.1. The molecule has 3 saturated carbocycles. The van der Waals surface area contributed by atoms with Crippen LogP contribution in [0.15, 0.2) is 67.3 Å². The van der Waals surface area contributed by atoms with Gasteiger partial charge in [0.05, 0.1) is 30.1 Å². The summed E-state index contributed by atoms with van der Waals surface area (Å²) in [5.74, 6) is -1.66. The van der Waals surface area contributed by atoms with Crippen LogP contribution in [0.25, 0.3) is 22.2 Å². The lowest BCUT2D eigenvalue weighted by Gasteiger charge is -2.36. The van der Waals surface area contributed by atoms with Crippen LogP contribution in [0.3, 0.4) is 0 Å². The third-order valence-corrected chi connectivity index (χ3v) is 14.9. The second-order valence-electron chi connectivity index (χ2n) is 17.1. The van der Waals surface area contributed by atoms with Crippen LogP contribution in [0, 0.1) is 17.8 Å². The molecule has 5 aliphatic rings. The first-order chi connectivity index (χ1) is 28.5. The van der Waals surface area contributed by atoms with E-state index in [0.29, 0.717) is 48.6 Å². The highest BCUT2D eigenvalue weighted by Crippen LogP contribution is 2.46. The number of hydrogen-bond donors (Lipinski definition) is 2. The van der Waals surface area contributed by atoms with Crippen molar-refractivity contribution in [1.82, 2.24) is 24.8 Å². The number of nitrogens with zero attached hydrogens (tertiary/aromatic N) is 3. The summed E-state index contributed by atoms with van der Waals surface area (Å²) in [5, 5.41) is 3.01. The summed E-state index contributed by atoms with van der Waals surface area (Å²) in [6, 6.07) is 16.1. The van der Waals surface area contributed by atoms with E-state index < -0.39 is 56.6 Å². The van der Waals surface area contributed by atoms with Gasteiger partial charge in [-0.3, -0.25) is 23.9 Å². The first-order valence-corrected chi connectivity index (χ1v) is 22.8. The number of sulfonamides is 1. The molecule has 14 heteroatoms. The van der Waals surface area contributed by atoms with E-state index in [4.69, 9.17) is 14.5 Å². The van der Waals surface area contributed by atoms with E-state index in [1.165, 1.54) is 0 Å². The van der Waals surface area contributed by atoms with Gasteiger partial charge in [-0.2, -0.15) is 0 Å². The van der Waals surface area contributed by atoms with E-state index in [2.05, 4.69) is 16.6 Å². The number of rotatable bonds is 14. The molecule has 3 aliphatic carbocycles. The molecule has 5 atom stereocenters. The number of amides is 4. The molecule has 0 spiro atoms. The minimum atomic E-state index is -3.89. The Morgan fingerprint density at radius 3 is 2.37 bits per heavy atom. The Kier molecular flexibility index (Phi) is 11.7. The highest BCUT2D eigenvalue weighted by atomic mass is 32.2. The number of pyridine rings is 1. The molecule has 0 bridgehead atoms. The molecule has 2 saturated heterocycles. The van der Waals surface area contributed by atoms with Crippen molar-refractivity contribution in [3.63, 3.8) is 0 Å². The smallest absolute Gasteiger partial charge is 0.259 e. The van der Waals surface area contributed by atoms with Gasteiger partial charge in [-0.05, 0) is 69.4 Å². The van der Waals surface area contributed by atoms with Gasteiger partial charge in [-0.15, -0.1) is 6.58 Å². The van der Waals surface area contributed by atoms with Crippen molar-refractivity contribution in [3.8, 4) is 22.8 Å². The number of piperidine rings is 1. The molecule has 1 aromatic heterocycles. The second kappa shape index (κ2) is 16.9. The van der Waals surface area contributed by atoms with Crippen molar-refractivity contribution < 1.29 is 37.1 Å². The first-order valence-electron chi connectivity index (χ1n) is 21.3. The summed E-state index contributed by atoms with van der Waals surface area (Å²) >= 11 is 0. The van der Waals surface area contributed by atoms with Gasteiger partial charge in [0, 0.05) is 60.8 Å². The lowest BCUT2D eigenvalue weighted by Crippen LogP contribution is -2.57. The standard InChI is InChI=1S/C45H55N5O8S/c1-3-31-27-45(31,44(54)48-59(55,56)34-18-19-34)47-42(52)39-24-33(58-40-26-37(30-15-9-5-10-16-30)46-38-23-32(57-2)17-20-35(38)40)28-50(39)43(53)36(29-13-7-4-8-14-29)25-41(51)49-21-11-6-12-22-49/h3,5,9-10,15-17,20,23,26,29,31,33-34,36,39H,1,4,6-8,11-14,18-19,21-22,24-25,27-28H2,2H3,(H,47,52)(H,48,54)/t31?,33-,36+,39?,45?/m1/s1. The number of aromatic nitrogens is 1. The number of carbonyl (C=O) groups excluding carboxylic acids is 4. The summed E-state index contributed by atoms with van der Waals surface area (Å²) in [5.41, 5.74) is 0.679. The lowest BCUT2D eigenvalue weighted by atomic mass is 9.77. The number of benzene rings is 2. The quantitative estimate of drug-likeness (QED) is 0.199. The van der Waals surface area contributed by atoms with Crippen LogP contribution in [0.1, 0.15) is 83.5 Å². The molecule has 2 aromatic carbocycles. The van der Waals surface area contributed by atoms with Gasteiger partial charge >= 0.3 is 0 Å². The fourth-order valence-corrected chi connectivity index (χ4v) is 10.8. The average Bonchev–Trinajstić information content (AvgIpc) is 4.20. The zero-order chi connectivity index (χ0) is 41.3. The van der Waals surface area contributed by atoms with Gasteiger partial charge in [0.25, 0.3) is 5.91 Å². The number of carbonyl (C=O) groups is 4. The third kappa shape index (κ3) is 8.69. The maximum Gasteiger partial charge on any atom is 0.259 e. The molecule has 5 fully saturated rings. The molecule has 3 unspecified atom stereocenters. The van der Waals surface area contributed by atoms with Gasteiger partial charge in [0.15, 0.2) is 0 Å². The molecular weight excluding hydrogens is 771 g/mol. The number of methoxy groups -OCH3 is 1. The minimum Gasteiger partial charge on any atom is -0.497 e. The number of likely N-dealkylation sites (tertiary alicyclic amines) is 2. The zero-order valence-electron chi connectivity index (χ0n) is 33.8. The predicted molar refractivity (Wildman–Crippen MR) is 223 cm³/mol. The Hall–Kier alpha value is -4.98. The van der Waals surface area contributed by atoms with E-state index in [-0.39, 0.29) is 43.5 Å². The van der Waals surface area contributed by atoms with Gasteiger partial charge in [0.1, 0.15) is 29.2 Å². The predicted octanol–water partition coefficient (Wildman–Crippen LogP) is 5.53. The van der Waals surface area contributed by atoms with Crippen molar-refractivity contribution in [2.45, 2.75) is 106 Å². The first kappa shape index (κ1) is 40.8. The minimum absolute atomic E-state index is 0.0143. The molecule has 0 radical (unpaired) electrons. The second-order valence-corrected chi connectivity index (χ2v) is 19.0. The number of nitrogens with one attached hydrogen (secondary N) is 2. The van der Waals surface area contributed by atoms with E-state index in [0.717, 1.165) is 62.3 Å². The lowest BCUT2D eigenvalue weighted by molar-refractivity contribution is -0.147. The van der Waals surface area contributed by atoms with Crippen molar-refractivity contribution in [2.24, 2.45) is 17.8 Å². The normalized spacial score (nSPS) is 25.2. The van der Waals surface area contributed by atoms with Gasteiger partial charge in [-0.1, -0.05) is 55.7 Å². The fourth-order valence-electron chi connectivity index (χ4n) is 9.40. The monoisotopic (exact) mass is 825 g/mol. The molecule has 8 rings (SSSR count). The molecule has 13 nitrogen and oxygen atoms in total. The summed E-state index contributed by atoms with van der Waals surface area (Å²) in [6.07, 6.45) is 9.81. The van der Waals surface area contributed by atoms with Crippen molar-refractivity contribution in [3.05, 3.63) is 67.3 Å². The van der Waals surface area contributed by atoms with E-state index in [1.807, 2.05) is 59.5 Å². The van der Waals surface area contributed by atoms with Gasteiger partial charge < -0.3 is 24.6 Å². The van der Waals surface area contributed by atoms with Crippen molar-refractivity contribution in [2.75, 3.05) is 26.7 Å². The summed E-state index contributed by atoms with van der Waals surface area (Å²) in [7, 11) is -2.30. The Labute approximate surface area is 346 Å². The maximum absolute atomic E-state index is 15.1. The largest absolute Gasteiger partial charge is 0.497 e. The zero-order valence-corrected chi connectivity index (χ0v) is 34.6. The molecule has 314 valence electrons. The highest BCUT2D eigenvalue weighted by molar-refractivity contribution is 7.91. The summed E-state index contributed by atoms with van der Waals surface area (Å²) < 4.78 is 40.3. The molecule has 4 amide bonds. The van der Waals surface area contributed by atoms with Crippen molar-refractivity contribution in [1.29, 1.82) is 0 Å². The van der Waals surface area contributed by atoms with E-state index >= 15 is 4.79 Å². The topological polar surface area (TPSA) is 164 Å². The number of hydrogen-bond acceptors (Lipinski definition) is 9. The molecule has 2 aliphatic heterocycles. The van der Waals surface area contributed by atoms with Crippen molar-refractivity contribution >= 4 is 44.6 Å². The Morgan fingerprint density at radius 2 is 1.69 bits per heavy atom. The Bertz CT molecular complexity index is 2200. The third-order valence-electron chi connectivity index (χ3n) is 13.1. The SMILES string of the molecule is C=CC1CC1(NC(=O)C1C[C@@H](Oc2cc(-c3ccccc3)nc3cc(OC)ccc23)CN1C(=O)[C@@H](CC(=O)N1CCCCC1)C1CCCCC1)C(=O)NS(=O)(=O)C1CC1. The molecule has 3 aromatic rings. The molecule has 3 heterocycles. The van der Waals surface area contributed by atoms with Gasteiger partial charge in [0.2, 0.25) is 27.7 Å². The van der Waals surface area contributed by atoms with Crippen LogP contribution in [0.5, 0.6) is 11.5 Å². The van der Waals surface area contributed by atoms with E-state index in [9.17, 15) is 22.8 Å². The average molecular weight is 826 g/mol. The number of fused-ring (bicyclic) bond motifs is 1. The van der Waals surface area contributed by atoms with Gasteiger partial charge in [-0.25, -0.2) is 13.4 Å². The Morgan fingerprint density at radius 1 is 0.966 bits per heavy atom. The van der Waals surface area contributed by atoms with E-state index in [1.54, 1.807) is 18.1 Å². The van der Waals surface area contributed by atoms with Crippen LogP contribution < -0.4 is 19.5 Å². The summed E-state index contributed by atoms with van der Waals surface area (Å²) in [6.45, 7) is 5.27. The van der Waals surface area contributed by atoms with Crippen LogP contribution in [0.4, 0.5) is 0 Å². The highest BCUT2D eigenvalue weighted by Gasteiger charge is 2.62.